The lowest BCUT2D eigenvalue weighted by Gasteiger charge is -2.45. The first-order valence-electron chi connectivity index (χ1n) is 14.1. The Morgan fingerprint density at radius 1 is 0.868 bits per heavy atom. The molecule has 1 aromatic rings. The molecule has 1 aromatic carbocycles. The summed E-state index contributed by atoms with van der Waals surface area (Å²) < 4.78 is 41.1. The molecule has 0 spiro atoms. The summed E-state index contributed by atoms with van der Waals surface area (Å²) in [5.74, 6) is -1.87. The van der Waals surface area contributed by atoms with Crippen LogP contribution in [0.15, 0.2) is 30.3 Å². The van der Waals surface area contributed by atoms with Crippen LogP contribution in [0.2, 0.25) is 0 Å². The molecule has 7 nitrogen and oxygen atoms in total. The van der Waals surface area contributed by atoms with E-state index in [1.807, 2.05) is 56.0 Å². The van der Waals surface area contributed by atoms with Gasteiger partial charge in [-0.05, 0) is 89.8 Å². The molecule has 4 rings (SSSR count). The number of benzene rings is 1. The number of alkyl halides is 2. The second-order valence-corrected chi connectivity index (χ2v) is 12.2. The number of likely N-dealkylation sites (tertiary alicyclic amines) is 3. The van der Waals surface area contributed by atoms with E-state index < -0.39 is 30.2 Å². The Morgan fingerprint density at radius 3 is 2.03 bits per heavy atom. The number of nitrogens with zero attached hydrogens (tertiary/aromatic N) is 3. The fourth-order valence-electron chi connectivity index (χ4n) is 5.99. The Bertz CT molecular complexity index is 924. The highest BCUT2D eigenvalue weighted by Gasteiger charge is 2.49. The second kappa shape index (κ2) is 12.2. The largest absolute Gasteiger partial charge is 0.445 e. The minimum atomic E-state index is -2.97. The lowest BCUT2D eigenvalue weighted by Crippen LogP contribution is -2.60. The van der Waals surface area contributed by atoms with E-state index in [9.17, 15) is 9.59 Å². The number of ether oxygens (including phenoxy) is 2. The number of halogens is 2. The molecule has 3 saturated heterocycles. The summed E-state index contributed by atoms with van der Waals surface area (Å²) in [5, 5.41) is 0. The standard InChI is InChI=1S/C29H43F2N3O4/c1-28(2,3)38-27(36)33-16-11-23(12-17-33)19-22-9-14-32(15-10-22)25-13-18-34(21-29(25,30)31)26(35)37-20-24-7-5-4-6-8-24/h4-8,22-23,25H,9-21H2,1-3H3/t25-/m1/s1. The van der Waals surface area contributed by atoms with Crippen LogP contribution in [0.4, 0.5) is 18.4 Å². The SMILES string of the molecule is CC(C)(C)OC(=O)N1CCC(CC2CCN([C@@H]3CCN(C(=O)OCc4ccccc4)CC3(F)F)CC2)CC1. The quantitative estimate of drug-likeness (QED) is 0.478. The molecule has 0 aliphatic carbocycles. The lowest BCUT2D eigenvalue weighted by molar-refractivity contribution is -0.128. The van der Waals surface area contributed by atoms with E-state index in [2.05, 4.69) is 0 Å². The Labute approximate surface area is 225 Å². The summed E-state index contributed by atoms with van der Waals surface area (Å²) in [7, 11) is 0. The zero-order valence-electron chi connectivity index (χ0n) is 23.0. The molecule has 0 N–H and O–H groups in total. The van der Waals surface area contributed by atoms with Gasteiger partial charge in [-0.25, -0.2) is 18.4 Å². The van der Waals surface area contributed by atoms with Crippen LogP contribution in [-0.4, -0.2) is 83.7 Å². The maximum atomic E-state index is 15.2. The molecule has 212 valence electrons. The number of hydrogen-bond acceptors (Lipinski definition) is 5. The van der Waals surface area contributed by atoms with E-state index in [1.165, 1.54) is 0 Å². The molecule has 3 aliphatic heterocycles. The van der Waals surface area contributed by atoms with Crippen molar-refractivity contribution in [3.8, 4) is 0 Å². The highest BCUT2D eigenvalue weighted by molar-refractivity contribution is 5.68. The van der Waals surface area contributed by atoms with Gasteiger partial charge in [-0.15, -0.1) is 0 Å². The molecule has 3 fully saturated rings. The van der Waals surface area contributed by atoms with Crippen molar-refractivity contribution < 1.29 is 27.8 Å². The van der Waals surface area contributed by atoms with Crippen LogP contribution in [0.25, 0.3) is 0 Å². The van der Waals surface area contributed by atoms with Gasteiger partial charge in [0.25, 0.3) is 5.92 Å². The third-order valence-electron chi connectivity index (χ3n) is 8.05. The molecule has 38 heavy (non-hydrogen) atoms. The monoisotopic (exact) mass is 535 g/mol. The molecular weight excluding hydrogens is 492 g/mol. The highest BCUT2D eigenvalue weighted by Crippen LogP contribution is 2.36. The van der Waals surface area contributed by atoms with Gasteiger partial charge in [-0.1, -0.05) is 30.3 Å². The number of hydrogen-bond donors (Lipinski definition) is 0. The molecule has 3 aliphatic rings. The van der Waals surface area contributed by atoms with Crippen molar-refractivity contribution in [2.45, 2.75) is 83.5 Å². The maximum Gasteiger partial charge on any atom is 0.410 e. The van der Waals surface area contributed by atoms with Crippen LogP contribution in [-0.2, 0) is 16.1 Å². The number of carbonyl (C=O) groups is 2. The Morgan fingerprint density at radius 2 is 1.45 bits per heavy atom. The van der Waals surface area contributed by atoms with Crippen molar-refractivity contribution in [3.05, 3.63) is 35.9 Å². The maximum absolute atomic E-state index is 15.2. The van der Waals surface area contributed by atoms with Crippen LogP contribution in [0.3, 0.4) is 0 Å². The Balaban J connectivity index is 1.17. The molecule has 0 bridgehead atoms. The van der Waals surface area contributed by atoms with E-state index in [1.54, 1.807) is 4.90 Å². The Kier molecular flexibility index (Phi) is 9.16. The van der Waals surface area contributed by atoms with E-state index >= 15 is 8.78 Å². The molecule has 2 amide bonds. The first-order valence-corrected chi connectivity index (χ1v) is 14.1. The summed E-state index contributed by atoms with van der Waals surface area (Å²) in [6, 6.07) is 8.41. The molecule has 9 heteroatoms. The first kappa shape index (κ1) is 28.6. The van der Waals surface area contributed by atoms with Crippen molar-refractivity contribution in [3.63, 3.8) is 0 Å². The minimum Gasteiger partial charge on any atom is -0.445 e. The van der Waals surface area contributed by atoms with Gasteiger partial charge in [0.15, 0.2) is 0 Å². The van der Waals surface area contributed by atoms with Gasteiger partial charge in [0.1, 0.15) is 12.2 Å². The van der Waals surface area contributed by atoms with Crippen LogP contribution in [0.5, 0.6) is 0 Å². The van der Waals surface area contributed by atoms with Crippen LogP contribution in [0, 0.1) is 11.8 Å². The summed E-state index contributed by atoms with van der Waals surface area (Å²) in [6.45, 7) is 8.18. The lowest BCUT2D eigenvalue weighted by atomic mass is 9.82. The molecule has 0 saturated carbocycles. The summed E-state index contributed by atoms with van der Waals surface area (Å²) in [4.78, 5) is 29.6. The fourth-order valence-corrected chi connectivity index (χ4v) is 5.99. The molecule has 1 atom stereocenters. The van der Waals surface area contributed by atoms with Gasteiger partial charge >= 0.3 is 12.2 Å². The number of rotatable bonds is 5. The predicted octanol–water partition coefficient (Wildman–Crippen LogP) is 5.78. The smallest absolute Gasteiger partial charge is 0.410 e. The average molecular weight is 536 g/mol. The molecule has 0 radical (unpaired) electrons. The van der Waals surface area contributed by atoms with Crippen LogP contribution < -0.4 is 0 Å². The summed E-state index contributed by atoms with van der Waals surface area (Å²) >= 11 is 0. The minimum absolute atomic E-state index is 0.0821. The van der Waals surface area contributed by atoms with E-state index in [0.29, 0.717) is 24.9 Å². The molecule has 3 heterocycles. The first-order chi connectivity index (χ1) is 18.0. The molecule has 0 aromatic heterocycles. The van der Waals surface area contributed by atoms with E-state index in [-0.39, 0.29) is 25.7 Å². The zero-order valence-corrected chi connectivity index (χ0v) is 23.0. The topological polar surface area (TPSA) is 62.3 Å². The van der Waals surface area contributed by atoms with Crippen LogP contribution >= 0.6 is 0 Å². The Hall–Kier alpha value is -2.42. The second-order valence-electron chi connectivity index (χ2n) is 12.2. The average Bonchev–Trinajstić information content (AvgIpc) is 2.87. The normalized spacial score (nSPS) is 23.8. The van der Waals surface area contributed by atoms with Crippen molar-refractivity contribution in [2.24, 2.45) is 11.8 Å². The molecular formula is C29H43F2N3O4. The van der Waals surface area contributed by atoms with Gasteiger partial charge < -0.3 is 19.3 Å². The van der Waals surface area contributed by atoms with Crippen molar-refractivity contribution in [2.75, 3.05) is 39.3 Å². The summed E-state index contributed by atoms with van der Waals surface area (Å²) in [5.41, 5.74) is 0.347. The zero-order chi connectivity index (χ0) is 27.3. The van der Waals surface area contributed by atoms with Gasteiger partial charge in [0.2, 0.25) is 0 Å². The molecule has 0 unspecified atom stereocenters. The highest BCUT2D eigenvalue weighted by atomic mass is 19.3. The van der Waals surface area contributed by atoms with Gasteiger partial charge in [0.05, 0.1) is 12.6 Å². The number of piperidine rings is 3. The third kappa shape index (κ3) is 7.80. The summed E-state index contributed by atoms with van der Waals surface area (Å²) in [6.07, 6.45) is 4.21. The van der Waals surface area contributed by atoms with Crippen molar-refractivity contribution in [1.29, 1.82) is 0 Å². The van der Waals surface area contributed by atoms with Gasteiger partial charge in [-0.2, -0.15) is 0 Å². The van der Waals surface area contributed by atoms with Crippen molar-refractivity contribution >= 4 is 12.2 Å². The number of amides is 2. The van der Waals surface area contributed by atoms with Crippen LogP contribution in [0.1, 0.15) is 64.9 Å². The fraction of sp³-hybridized carbons (Fsp3) is 0.724. The van der Waals surface area contributed by atoms with E-state index in [4.69, 9.17) is 9.47 Å². The van der Waals surface area contributed by atoms with Crippen molar-refractivity contribution in [1.82, 2.24) is 14.7 Å². The van der Waals surface area contributed by atoms with Gasteiger partial charge in [-0.3, -0.25) is 4.90 Å². The van der Waals surface area contributed by atoms with E-state index in [0.717, 1.165) is 55.7 Å². The third-order valence-corrected chi connectivity index (χ3v) is 8.05. The number of carbonyl (C=O) groups excluding carboxylic acids is 2. The van der Waals surface area contributed by atoms with Gasteiger partial charge in [0, 0.05) is 19.6 Å². The predicted molar refractivity (Wildman–Crippen MR) is 141 cm³/mol.